The van der Waals surface area contributed by atoms with Crippen molar-refractivity contribution in [3.63, 3.8) is 0 Å². The van der Waals surface area contributed by atoms with Crippen LogP contribution >= 0.6 is 0 Å². The number of fused-ring (bicyclic) bond motifs is 1. The zero-order valence-electron chi connectivity index (χ0n) is 12.5. The van der Waals surface area contributed by atoms with Gasteiger partial charge in [0.05, 0.1) is 12.0 Å². The second-order valence-electron chi connectivity index (χ2n) is 6.34. The Morgan fingerprint density at radius 3 is 2.65 bits per heavy atom. The molecule has 6 heteroatoms. The Morgan fingerprint density at radius 1 is 1.35 bits per heavy atom. The Kier molecular flexibility index (Phi) is 3.67. The van der Waals surface area contributed by atoms with Gasteiger partial charge in [0, 0.05) is 0 Å². The SMILES string of the molecule is CC(C)(C)[Si](C)(C)OCc1noc2nc(C#N)ccc12. The summed E-state index contributed by atoms with van der Waals surface area (Å²) in [4.78, 5) is 4.07. The number of rotatable bonds is 3. The first-order valence-corrected chi connectivity index (χ1v) is 9.45. The maximum Gasteiger partial charge on any atom is 0.259 e. The summed E-state index contributed by atoms with van der Waals surface area (Å²) in [5.41, 5.74) is 1.45. The third kappa shape index (κ3) is 2.74. The number of pyridine rings is 1. The van der Waals surface area contributed by atoms with Gasteiger partial charge in [0.15, 0.2) is 8.32 Å². The molecule has 0 aliphatic heterocycles. The second kappa shape index (κ2) is 5.00. The minimum Gasteiger partial charge on any atom is -0.411 e. The molecule has 0 atom stereocenters. The van der Waals surface area contributed by atoms with Crippen molar-refractivity contribution >= 4 is 19.4 Å². The van der Waals surface area contributed by atoms with Crippen LogP contribution in [-0.4, -0.2) is 18.5 Å². The molecule has 0 unspecified atom stereocenters. The van der Waals surface area contributed by atoms with Gasteiger partial charge >= 0.3 is 0 Å². The Morgan fingerprint density at radius 2 is 2.05 bits per heavy atom. The van der Waals surface area contributed by atoms with Crippen molar-refractivity contribution in [3.05, 3.63) is 23.5 Å². The molecular formula is C14H19N3O2Si. The minimum absolute atomic E-state index is 0.152. The fourth-order valence-corrected chi connectivity index (χ4v) is 2.44. The van der Waals surface area contributed by atoms with Gasteiger partial charge in [-0.2, -0.15) is 10.2 Å². The molecule has 106 valence electrons. The number of hydrogen-bond donors (Lipinski definition) is 0. The van der Waals surface area contributed by atoms with Gasteiger partial charge in [-0.15, -0.1) is 0 Å². The van der Waals surface area contributed by atoms with Crippen LogP contribution in [0.4, 0.5) is 0 Å². The lowest BCUT2D eigenvalue weighted by Crippen LogP contribution is -2.40. The van der Waals surface area contributed by atoms with Gasteiger partial charge in [0.1, 0.15) is 17.5 Å². The van der Waals surface area contributed by atoms with E-state index in [2.05, 4.69) is 44.0 Å². The monoisotopic (exact) mass is 289 g/mol. The normalized spacial score (nSPS) is 12.6. The van der Waals surface area contributed by atoms with Crippen LogP contribution in [0.15, 0.2) is 16.7 Å². The van der Waals surface area contributed by atoms with Gasteiger partial charge < -0.3 is 8.95 Å². The summed E-state index contributed by atoms with van der Waals surface area (Å²) < 4.78 is 11.3. The first-order chi connectivity index (χ1) is 9.24. The Labute approximate surface area is 119 Å². The van der Waals surface area contributed by atoms with Crippen LogP contribution in [0.2, 0.25) is 18.1 Å². The van der Waals surface area contributed by atoms with Gasteiger partial charge in [0.25, 0.3) is 5.71 Å². The summed E-state index contributed by atoms with van der Waals surface area (Å²) in [5.74, 6) is 0. The average molecular weight is 289 g/mol. The molecule has 0 aliphatic carbocycles. The molecule has 0 spiro atoms. The molecule has 2 aromatic heterocycles. The minimum atomic E-state index is -1.82. The average Bonchev–Trinajstić information content (AvgIpc) is 2.77. The van der Waals surface area contributed by atoms with E-state index >= 15 is 0 Å². The molecule has 0 radical (unpaired) electrons. The molecule has 0 N–H and O–H groups in total. The van der Waals surface area contributed by atoms with E-state index in [1.54, 1.807) is 6.07 Å². The Bertz CT molecular complexity index is 665. The van der Waals surface area contributed by atoms with Crippen molar-refractivity contribution in [1.29, 1.82) is 5.26 Å². The highest BCUT2D eigenvalue weighted by Crippen LogP contribution is 2.37. The quantitative estimate of drug-likeness (QED) is 0.807. The first-order valence-electron chi connectivity index (χ1n) is 6.54. The van der Waals surface area contributed by atoms with Gasteiger partial charge in [-0.3, -0.25) is 0 Å². The smallest absolute Gasteiger partial charge is 0.259 e. The number of aromatic nitrogens is 2. The first kappa shape index (κ1) is 14.7. The largest absolute Gasteiger partial charge is 0.411 e. The van der Waals surface area contributed by atoms with E-state index < -0.39 is 8.32 Å². The number of nitriles is 1. The van der Waals surface area contributed by atoms with Crippen molar-refractivity contribution in [1.82, 2.24) is 10.1 Å². The topological polar surface area (TPSA) is 71.9 Å². The maximum absolute atomic E-state index is 8.81. The molecule has 0 bridgehead atoms. The third-order valence-corrected chi connectivity index (χ3v) is 8.38. The standard InChI is InChI=1S/C14H19N3O2Si/c1-14(2,3)20(4,5)18-9-12-11-7-6-10(8-15)16-13(11)19-17-12/h6-7H,9H2,1-5H3. The molecule has 2 aromatic rings. The van der Waals surface area contributed by atoms with E-state index in [0.29, 0.717) is 18.0 Å². The summed E-state index contributed by atoms with van der Waals surface area (Å²) in [7, 11) is -1.82. The van der Waals surface area contributed by atoms with Crippen LogP contribution in [0.25, 0.3) is 11.1 Å². The van der Waals surface area contributed by atoms with Crippen LogP contribution in [0.1, 0.15) is 32.2 Å². The van der Waals surface area contributed by atoms with Crippen LogP contribution < -0.4 is 0 Å². The summed E-state index contributed by atoms with van der Waals surface area (Å²) in [5, 5.41) is 13.8. The number of hydrogen-bond acceptors (Lipinski definition) is 5. The zero-order chi connectivity index (χ0) is 15.0. The molecule has 0 aromatic carbocycles. The summed E-state index contributed by atoms with van der Waals surface area (Å²) >= 11 is 0. The molecule has 20 heavy (non-hydrogen) atoms. The summed E-state index contributed by atoms with van der Waals surface area (Å²) in [6.45, 7) is 11.4. The predicted octanol–water partition coefficient (Wildman–Crippen LogP) is 3.62. The van der Waals surface area contributed by atoms with E-state index in [1.165, 1.54) is 0 Å². The van der Waals surface area contributed by atoms with E-state index in [9.17, 15) is 0 Å². The molecule has 0 amide bonds. The molecule has 0 saturated heterocycles. The molecule has 2 rings (SSSR count). The third-order valence-electron chi connectivity index (χ3n) is 3.90. The number of nitrogens with zero attached hydrogens (tertiary/aromatic N) is 3. The molecule has 0 saturated carbocycles. The second-order valence-corrected chi connectivity index (χ2v) is 11.1. The van der Waals surface area contributed by atoms with E-state index in [1.807, 2.05) is 12.1 Å². The zero-order valence-corrected chi connectivity index (χ0v) is 13.5. The van der Waals surface area contributed by atoms with Crippen LogP contribution in [-0.2, 0) is 11.0 Å². The van der Waals surface area contributed by atoms with Gasteiger partial charge in [-0.25, -0.2) is 0 Å². The van der Waals surface area contributed by atoms with E-state index in [0.717, 1.165) is 11.1 Å². The van der Waals surface area contributed by atoms with E-state index in [4.69, 9.17) is 14.2 Å². The molecule has 0 aliphatic rings. The molecule has 2 heterocycles. The molecular weight excluding hydrogens is 270 g/mol. The predicted molar refractivity (Wildman–Crippen MR) is 78.5 cm³/mol. The van der Waals surface area contributed by atoms with Gasteiger partial charge in [-0.05, 0) is 30.3 Å². The van der Waals surface area contributed by atoms with E-state index in [-0.39, 0.29) is 5.04 Å². The lowest BCUT2D eigenvalue weighted by molar-refractivity contribution is 0.265. The van der Waals surface area contributed by atoms with Gasteiger partial charge in [0.2, 0.25) is 0 Å². The van der Waals surface area contributed by atoms with Crippen molar-refractivity contribution < 1.29 is 8.95 Å². The fourth-order valence-electron chi connectivity index (χ4n) is 1.51. The fraction of sp³-hybridized carbons (Fsp3) is 0.500. The highest BCUT2D eigenvalue weighted by atomic mass is 28.4. The van der Waals surface area contributed by atoms with Crippen molar-refractivity contribution in [2.24, 2.45) is 0 Å². The molecule has 5 nitrogen and oxygen atoms in total. The summed E-state index contributed by atoms with van der Waals surface area (Å²) in [6.07, 6.45) is 0. The highest BCUT2D eigenvalue weighted by Gasteiger charge is 2.37. The lowest BCUT2D eigenvalue weighted by Gasteiger charge is -2.35. The van der Waals surface area contributed by atoms with Crippen LogP contribution in [0, 0.1) is 11.3 Å². The maximum atomic E-state index is 8.81. The molecule has 0 fully saturated rings. The lowest BCUT2D eigenvalue weighted by atomic mass is 10.2. The van der Waals surface area contributed by atoms with Crippen LogP contribution in [0.5, 0.6) is 0 Å². The Hall–Kier alpha value is -1.71. The van der Waals surface area contributed by atoms with Crippen molar-refractivity contribution in [2.45, 2.75) is 45.5 Å². The van der Waals surface area contributed by atoms with Crippen LogP contribution in [0.3, 0.4) is 0 Å². The highest BCUT2D eigenvalue weighted by molar-refractivity contribution is 6.74. The van der Waals surface area contributed by atoms with Gasteiger partial charge in [-0.1, -0.05) is 25.9 Å². The van der Waals surface area contributed by atoms with Crippen molar-refractivity contribution in [3.8, 4) is 6.07 Å². The Balaban J connectivity index is 2.22. The summed E-state index contributed by atoms with van der Waals surface area (Å²) in [6, 6.07) is 5.45. The van der Waals surface area contributed by atoms with Crippen molar-refractivity contribution in [2.75, 3.05) is 0 Å².